The highest BCUT2D eigenvalue weighted by molar-refractivity contribution is 7.89. The van der Waals surface area contributed by atoms with Crippen molar-refractivity contribution in [1.29, 1.82) is 0 Å². The highest BCUT2D eigenvalue weighted by Gasteiger charge is 2.42. The van der Waals surface area contributed by atoms with Crippen LogP contribution in [0.25, 0.3) is 0 Å². The van der Waals surface area contributed by atoms with E-state index in [1.807, 2.05) is 20.8 Å². The van der Waals surface area contributed by atoms with Crippen molar-refractivity contribution in [3.05, 3.63) is 29.3 Å². The van der Waals surface area contributed by atoms with Gasteiger partial charge in [-0.2, -0.15) is 4.31 Å². The van der Waals surface area contributed by atoms with E-state index in [9.17, 15) is 13.2 Å². The number of carbonyl (C=O) groups is 1. The van der Waals surface area contributed by atoms with Crippen molar-refractivity contribution < 1.29 is 13.2 Å². The first-order valence-electron chi connectivity index (χ1n) is 7.60. The fourth-order valence-corrected chi connectivity index (χ4v) is 4.55. The third-order valence-corrected chi connectivity index (χ3v) is 6.36. The SMILES string of the molecule is Cc1ccc(S(=O)(=O)N(C2CC2)[C@H](C)C(C)C)cc1C(N)=O. The molecule has 1 atom stereocenters. The second-order valence-electron chi connectivity index (χ2n) is 6.39. The smallest absolute Gasteiger partial charge is 0.249 e. The summed E-state index contributed by atoms with van der Waals surface area (Å²) in [6.45, 7) is 7.70. The zero-order chi connectivity index (χ0) is 16.7. The van der Waals surface area contributed by atoms with Gasteiger partial charge >= 0.3 is 0 Å². The molecule has 0 unspecified atom stereocenters. The number of hydrogen-bond donors (Lipinski definition) is 1. The third-order valence-electron chi connectivity index (χ3n) is 4.32. The maximum Gasteiger partial charge on any atom is 0.249 e. The summed E-state index contributed by atoms with van der Waals surface area (Å²) < 4.78 is 27.6. The zero-order valence-electron chi connectivity index (χ0n) is 13.5. The number of carbonyl (C=O) groups excluding carboxylic acids is 1. The van der Waals surface area contributed by atoms with Crippen molar-refractivity contribution in [3.63, 3.8) is 0 Å². The van der Waals surface area contributed by atoms with Gasteiger partial charge in [-0.05, 0) is 50.3 Å². The lowest BCUT2D eigenvalue weighted by molar-refractivity contribution is 0.0999. The van der Waals surface area contributed by atoms with Crippen LogP contribution in [0.5, 0.6) is 0 Å². The van der Waals surface area contributed by atoms with E-state index in [0.29, 0.717) is 5.56 Å². The highest BCUT2D eigenvalue weighted by Crippen LogP contribution is 2.36. The van der Waals surface area contributed by atoms with E-state index in [2.05, 4.69) is 0 Å². The monoisotopic (exact) mass is 324 g/mol. The van der Waals surface area contributed by atoms with Gasteiger partial charge in [-0.15, -0.1) is 0 Å². The van der Waals surface area contributed by atoms with Crippen molar-refractivity contribution in [2.45, 2.75) is 57.5 Å². The summed E-state index contributed by atoms with van der Waals surface area (Å²) >= 11 is 0. The number of benzene rings is 1. The molecule has 1 aliphatic carbocycles. The van der Waals surface area contributed by atoms with Crippen molar-refractivity contribution >= 4 is 15.9 Å². The molecule has 1 saturated carbocycles. The number of nitrogens with two attached hydrogens (primary N) is 1. The van der Waals surface area contributed by atoms with E-state index in [1.165, 1.54) is 6.07 Å². The standard InChI is InChI=1S/C16H24N2O3S/c1-10(2)12(4)18(13-6-7-13)22(20,21)14-8-5-11(3)15(9-14)16(17)19/h5,8-10,12-13H,6-7H2,1-4H3,(H2,17,19)/t12-/m1/s1. The van der Waals surface area contributed by atoms with Crippen LogP contribution in [0.15, 0.2) is 23.1 Å². The molecule has 5 nitrogen and oxygen atoms in total. The fourth-order valence-electron chi connectivity index (χ4n) is 2.52. The van der Waals surface area contributed by atoms with Gasteiger partial charge < -0.3 is 5.73 Å². The lowest BCUT2D eigenvalue weighted by Crippen LogP contribution is -2.43. The Morgan fingerprint density at radius 3 is 2.32 bits per heavy atom. The van der Waals surface area contributed by atoms with Crippen molar-refractivity contribution in [2.24, 2.45) is 11.7 Å². The van der Waals surface area contributed by atoms with E-state index in [-0.39, 0.29) is 28.5 Å². The molecule has 22 heavy (non-hydrogen) atoms. The third kappa shape index (κ3) is 3.17. The molecular formula is C16H24N2O3S. The first-order valence-corrected chi connectivity index (χ1v) is 9.04. The number of hydrogen-bond acceptors (Lipinski definition) is 3. The Hall–Kier alpha value is -1.40. The Morgan fingerprint density at radius 2 is 1.86 bits per heavy atom. The lowest BCUT2D eigenvalue weighted by atomic mass is 10.1. The van der Waals surface area contributed by atoms with Gasteiger partial charge in [0.05, 0.1) is 4.90 Å². The molecule has 1 aromatic rings. The van der Waals surface area contributed by atoms with E-state index in [4.69, 9.17) is 5.73 Å². The van der Waals surface area contributed by atoms with Crippen LogP contribution >= 0.6 is 0 Å². The van der Waals surface area contributed by atoms with Crippen LogP contribution in [0.4, 0.5) is 0 Å². The molecule has 2 rings (SSSR count). The van der Waals surface area contributed by atoms with Crippen LogP contribution in [-0.2, 0) is 10.0 Å². The van der Waals surface area contributed by atoms with E-state index >= 15 is 0 Å². The molecule has 0 radical (unpaired) electrons. The minimum absolute atomic E-state index is 0.0701. The number of rotatable bonds is 6. The summed E-state index contributed by atoms with van der Waals surface area (Å²) in [5.74, 6) is -0.388. The van der Waals surface area contributed by atoms with Crippen molar-refractivity contribution in [2.75, 3.05) is 0 Å². The first-order chi connectivity index (χ1) is 10.2. The maximum atomic E-state index is 13.0. The van der Waals surface area contributed by atoms with E-state index in [0.717, 1.165) is 12.8 Å². The molecule has 0 bridgehead atoms. The largest absolute Gasteiger partial charge is 0.366 e. The minimum atomic E-state index is -3.63. The summed E-state index contributed by atoms with van der Waals surface area (Å²) in [5, 5.41) is 0. The average Bonchev–Trinajstić information content (AvgIpc) is 3.22. The molecule has 0 aliphatic heterocycles. The molecule has 0 spiro atoms. The normalized spacial score (nSPS) is 17.0. The van der Waals surface area contributed by atoms with E-state index < -0.39 is 15.9 Å². The lowest BCUT2D eigenvalue weighted by Gasteiger charge is -2.31. The first kappa shape index (κ1) is 17.0. The number of aryl methyl sites for hydroxylation is 1. The van der Waals surface area contributed by atoms with Gasteiger partial charge in [0, 0.05) is 17.6 Å². The topological polar surface area (TPSA) is 80.5 Å². The molecule has 122 valence electrons. The van der Waals surface area contributed by atoms with Crippen LogP contribution in [0, 0.1) is 12.8 Å². The van der Waals surface area contributed by atoms with Crippen molar-refractivity contribution in [1.82, 2.24) is 4.31 Å². The van der Waals surface area contributed by atoms with Crippen molar-refractivity contribution in [3.8, 4) is 0 Å². The Morgan fingerprint density at radius 1 is 1.27 bits per heavy atom. The van der Waals surface area contributed by atoms with Gasteiger partial charge in [-0.1, -0.05) is 19.9 Å². The number of amides is 1. The van der Waals surface area contributed by atoms with Crippen LogP contribution in [-0.4, -0.2) is 30.7 Å². The Balaban J connectivity index is 2.48. The second-order valence-corrected chi connectivity index (χ2v) is 8.23. The Bertz CT molecular complexity index is 679. The zero-order valence-corrected chi connectivity index (χ0v) is 14.4. The van der Waals surface area contributed by atoms with Gasteiger partial charge in [0.25, 0.3) is 0 Å². The molecule has 1 amide bonds. The molecule has 2 N–H and O–H groups in total. The summed E-state index contributed by atoms with van der Waals surface area (Å²) in [5.41, 5.74) is 6.28. The molecule has 0 saturated heterocycles. The van der Waals surface area contributed by atoms with Crippen LogP contribution in [0.3, 0.4) is 0 Å². The Kier molecular flexibility index (Phi) is 4.63. The van der Waals surface area contributed by atoms with Gasteiger partial charge in [-0.3, -0.25) is 4.79 Å². The van der Waals surface area contributed by atoms with Crippen LogP contribution < -0.4 is 5.73 Å². The predicted octanol–water partition coefficient (Wildman–Crippen LogP) is 2.29. The molecule has 1 fully saturated rings. The summed E-state index contributed by atoms with van der Waals surface area (Å²) in [6.07, 6.45) is 1.79. The fraction of sp³-hybridized carbons (Fsp3) is 0.562. The molecule has 0 heterocycles. The van der Waals surface area contributed by atoms with Gasteiger partial charge in [0.2, 0.25) is 15.9 Å². The molecule has 1 aliphatic rings. The van der Waals surface area contributed by atoms with Crippen LogP contribution in [0.2, 0.25) is 0 Å². The molecule has 6 heteroatoms. The predicted molar refractivity (Wildman–Crippen MR) is 86.0 cm³/mol. The maximum absolute atomic E-state index is 13.0. The summed E-state index contributed by atoms with van der Waals surface area (Å²) in [4.78, 5) is 11.6. The Labute approximate surface area is 132 Å². The van der Waals surface area contributed by atoms with Gasteiger partial charge in [0.15, 0.2) is 0 Å². The van der Waals surface area contributed by atoms with Gasteiger partial charge in [0.1, 0.15) is 0 Å². The minimum Gasteiger partial charge on any atom is -0.366 e. The van der Waals surface area contributed by atoms with E-state index in [1.54, 1.807) is 23.4 Å². The molecule has 1 aromatic carbocycles. The van der Waals surface area contributed by atoms with Gasteiger partial charge in [-0.25, -0.2) is 8.42 Å². The average molecular weight is 324 g/mol. The molecule has 0 aromatic heterocycles. The molecular weight excluding hydrogens is 300 g/mol. The number of sulfonamides is 1. The summed E-state index contributed by atoms with van der Waals surface area (Å²) in [6, 6.07) is 4.57. The number of nitrogens with zero attached hydrogens (tertiary/aromatic N) is 1. The second kappa shape index (κ2) is 6.01. The highest BCUT2D eigenvalue weighted by atomic mass is 32.2. The van der Waals surface area contributed by atoms with Crippen LogP contribution in [0.1, 0.15) is 49.5 Å². The summed E-state index contributed by atoms with van der Waals surface area (Å²) in [7, 11) is -3.63. The quantitative estimate of drug-likeness (QED) is 0.872. The number of primary amides is 1.